The predicted molar refractivity (Wildman–Crippen MR) is 95.4 cm³/mol. The van der Waals surface area contributed by atoms with Crippen LogP contribution in [-0.2, 0) is 0 Å². The summed E-state index contributed by atoms with van der Waals surface area (Å²) >= 11 is 0. The lowest BCUT2D eigenvalue weighted by Crippen LogP contribution is -2.32. The van der Waals surface area contributed by atoms with Crippen LogP contribution < -0.4 is 19.7 Å². The van der Waals surface area contributed by atoms with Crippen LogP contribution >= 0.6 is 0 Å². The van der Waals surface area contributed by atoms with E-state index < -0.39 is 0 Å². The molecular formula is C19H21N3O3. The van der Waals surface area contributed by atoms with Crippen molar-refractivity contribution in [3.63, 3.8) is 0 Å². The number of pyridine rings is 1. The molecule has 2 aliphatic heterocycles. The highest BCUT2D eigenvalue weighted by Crippen LogP contribution is 2.34. The van der Waals surface area contributed by atoms with Crippen molar-refractivity contribution in [2.45, 2.75) is 19.8 Å². The molecule has 1 N–H and O–H groups in total. The third-order valence-corrected chi connectivity index (χ3v) is 4.76. The van der Waals surface area contributed by atoms with Crippen LogP contribution in [0, 0.1) is 5.92 Å². The highest BCUT2D eigenvalue weighted by Gasteiger charge is 2.18. The molecule has 6 heteroatoms. The van der Waals surface area contributed by atoms with Crippen molar-refractivity contribution in [3.05, 3.63) is 42.2 Å². The fourth-order valence-corrected chi connectivity index (χ4v) is 3.14. The van der Waals surface area contributed by atoms with Gasteiger partial charge in [-0.05, 0) is 43.0 Å². The molecule has 2 aliphatic rings. The van der Waals surface area contributed by atoms with Crippen molar-refractivity contribution in [2.24, 2.45) is 5.92 Å². The minimum Gasteiger partial charge on any atom is -0.454 e. The first-order chi connectivity index (χ1) is 12.2. The smallest absolute Gasteiger partial charge is 0.274 e. The Hall–Kier alpha value is -2.76. The van der Waals surface area contributed by atoms with Crippen LogP contribution in [-0.4, -0.2) is 30.8 Å². The Morgan fingerprint density at radius 2 is 1.96 bits per heavy atom. The highest BCUT2D eigenvalue weighted by atomic mass is 16.7. The Balaban J connectivity index is 1.42. The normalized spacial score (nSPS) is 16.8. The number of carbonyl (C=O) groups excluding carboxylic acids is 1. The number of rotatable bonds is 3. The molecule has 0 aliphatic carbocycles. The number of carbonyl (C=O) groups is 1. The topological polar surface area (TPSA) is 63.7 Å². The van der Waals surface area contributed by atoms with Crippen LogP contribution in [0.15, 0.2) is 36.5 Å². The van der Waals surface area contributed by atoms with Gasteiger partial charge in [0, 0.05) is 24.8 Å². The van der Waals surface area contributed by atoms with Crippen molar-refractivity contribution in [1.82, 2.24) is 4.98 Å². The molecule has 0 unspecified atom stereocenters. The molecule has 4 rings (SSSR count). The second-order valence-electron chi connectivity index (χ2n) is 6.59. The summed E-state index contributed by atoms with van der Waals surface area (Å²) in [5.41, 5.74) is 2.13. The van der Waals surface area contributed by atoms with Gasteiger partial charge in [-0.1, -0.05) is 6.92 Å². The van der Waals surface area contributed by atoms with Gasteiger partial charge >= 0.3 is 0 Å². The molecule has 6 nitrogen and oxygen atoms in total. The average molecular weight is 339 g/mol. The molecule has 1 aromatic heterocycles. The number of ether oxygens (including phenoxy) is 2. The highest BCUT2D eigenvalue weighted by molar-refractivity contribution is 6.03. The Bertz CT molecular complexity index is 768. The monoisotopic (exact) mass is 339 g/mol. The van der Waals surface area contributed by atoms with Gasteiger partial charge in [0.25, 0.3) is 5.91 Å². The standard InChI is InChI=1S/C19H21N3O3/c1-13-6-8-22(9-7-13)15-3-4-16(20-11-15)19(23)21-14-2-5-17-18(10-14)25-12-24-17/h2-5,10-11,13H,6-9,12H2,1H3,(H,21,23). The summed E-state index contributed by atoms with van der Waals surface area (Å²) in [7, 11) is 0. The molecule has 0 bridgehead atoms. The molecular weight excluding hydrogens is 318 g/mol. The lowest BCUT2D eigenvalue weighted by atomic mass is 9.99. The van der Waals surface area contributed by atoms with Gasteiger partial charge < -0.3 is 19.7 Å². The first kappa shape index (κ1) is 15.7. The molecule has 0 radical (unpaired) electrons. The van der Waals surface area contributed by atoms with Crippen molar-refractivity contribution in [1.29, 1.82) is 0 Å². The summed E-state index contributed by atoms with van der Waals surface area (Å²) in [5, 5.41) is 2.84. The van der Waals surface area contributed by atoms with E-state index in [1.807, 2.05) is 6.07 Å². The maximum Gasteiger partial charge on any atom is 0.274 e. The minimum atomic E-state index is -0.238. The van der Waals surface area contributed by atoms with E-state index in [4.69, 9.17) is 9.47 Å². The fraction of sp³-hybridized carbons (Fsp3) is 0.368. The number of nitrogens with zero attached hydrogens (tertiary/aromatic N) is 2. The fourth-order valence-electron chi connectivity index (χ4n) is 3.14. The largest absolute Gasteiger partial charge is 0.454 e. The van der Waals surface area contributed by atoms with Gasteiger partial charge in [-0.3, -0.25) is 4.79 Å². The van der Waals surface area contributed by atoms with Crippen LogP contribution in [0.1, 0.15) is 30.3 Å². The number of amides is 1. The Morgan fingerprint density at radius 3 is 2.72 bits per heavy atom. The molecule has 0 saturated carbocycles. The van der Waals surface area contributed by atoms with E-state index in [0.29, 0.717) is 22.9 Å². The van der Waals surface area contributed by atoms with Crippen LogP contribution in [0.5, 0.6) is 11.5 Å². The van der Waals surface area contributed by atoms with E-state index in [9.17, 15) is 4.79 Å². The lowest BCUT2D eigenvalue weighted by molar-refractivity contribution is 0.102. The van der Waals surface area contributed by atoms with E-state index >= 15 is 0 Å². The van der Waals surface area contributed by atoms with Gasteiger partial charge in [0.05, 0.1) is 11.9 Å². The first-order valence-corrected chi connectivity index (χ1v) is 8.61. The Morgan fingerprint density at radius 1 is 1.16 bits per heavy atom. The van der Waals surface area contributed by atoms with E-state index in [0.717, 1.165) is 24.7 Å². The molecule has 1 fully saturated rings. The average Bonchev–Trinajstić information content (AvgIpc) is 3.10. The zero-order chi connectivity index (χ0) is 17.2. The van der Waals surface area contributed by atoms with Crippen molar-refractivity contribution in [3.8, 4) is 11.5 Å². The summed E-state index contributed by atoms with van der Waals surface area (Å²) < 4.78 is 10.6. The summed E-state index contributed by atoms with van der Waals surface area (Å²) in [6.45, 7) is 4.60. The number of hydrogen-bond donors (Lipinski definition) is 1. The summed E-state index contributed by atoms with van der Waals surface area (Å²) in [6, 6.07) is 9.07. The zero-order valence-corrected chi connectivity index (χ0v) is 14.2. The van der Waals surface area contributed by atoms with E-state index in [1.165, 1.54) is 12.8 Å². The third kappa shape index (κ3) is 3.38. The molecule has 130 valence electrons. The lowest BCUT2D eigenvalue weighted by Gasteiger charge is -2.31. The van der Waals surface area contributed by atoms with Crippen LogP contribution in [0.4, 0.5) is 11.4 Å². The number of nitrogens with one attached hydrogen (secondary N) is 1. The SMILES string of the molecule is CC1CCN(c2ccc(C(=O)Nc3ccc4c(c3)OCO4)nc2)CC1. The number of hydrogen-bond acceptors (Lipinski definition) is 5. The van der Waals surface area contributed by atoms with Crippen LogP contribution in [0.2, 0.25) is 0 Å². The third-order valence-electron chi connectivity index (χ3n) is 4.76. The van der Waals surface area contributed by atoms with Crippen molar-refractivity contribution >= 4 is 17.3 Å². The number of aromatic nitrogens is 1. The molecule has 1 saturated heterocycles. The van der Waals surface area contributed by atoms with Crippen molar-refractivity contribution in [2.75, 3.05) is 30.1 Å². The van der Waals surface area contributed by atoms with Crippen LogP contribution in [0.3, 0.4) is 0 Å². The molecule has 0 spiro atoms. The molecule has 0 atom stereocenters. The second-order valence-corrected chi connectivity index (χ2v) is 6.59. The van der Waals surface area contributed by atoms with Gasteiger partial charge in [0.1, 0.15) is 5.69 Å². The number of anilines is 2. The predicted octanol–water partition coefficient (Wildman–Crippen LogP) is 3.30. The van der Waals surface area contributed by atoms with E-state index in [-0.39, 0.29) is 12.7 Å². The molecule has 3 heterocycles. The summed E-state index contributed by atoms with van der Waals surface area (Å²) in [5.74, 6) is 1.88. The van der Waals surface area contributed by atoms with Gasteiger partial charge in [0.2, 0.25) is 6.79 Å². The molecule has 25 heavy (non-hydrogen) atoms. The van der Waals surface area contributed by atoms with E-state index in [1.54, 1.807) is 30.5 Å². The molecule has 1 amide bonds. The number of benzene rings is 1. The van der Waals surface area contributed by atoms with Gasteiger partial charge in [-0.25, -0.2) is 4.98 Å². The summed E-state index contributed by atoms with van der Waals surface area (Å²) in [4.78, 5) is 19.0. The second kappa shape index (κ2) is 6.63. The van der Waals surface area contributed by atoms with Crippen LogP contribution in [0.25, 0.3) is 0 Å². The minimum absolute atomic E-state index is 0.213. The zero-order valence-electron chi connectivity index (χ0n) is 14.2. The molecule has 1 aromatic carbocycles. The number of fused-ring (bicyclic) bond motifs is 1. The Labute approximate surface area is 146 Å². The first-order valence-electron chi connectivity index (χ1n) is 8.61. The van der Waals surface area contributed by atoms with E-state index in [2.05, 4.69) is 22.1 Å². The maximum atomic E-state index is 12.4. The number of piperidine rings is 1. The Kier molecular flexibility index (Phi) is 4.17. The maximum absolute atomic E-state index is 12.4. The van der Waals surface area contributed by atoms with Crippen molar-refractivity contribution < 1.29 is 14.3 Å². The summed E-state index contributed by atoms with van der Waals surface area (Å²) in [6.07, 6.45) is 4.18. The molecule has 2 aromatic rings. The quantitative estimate of drug-likeness (QED) is 0.929. The van der Waals surface area contributed by atoms with Gasteiger partial charge in [0.15, 0.2) is 11.5 Å². The van der Waals surface area contributed by atoms with Gasteiger partial charge in [-0.2, -0.15) is 0 Å². The van der Waals surface area contributed by atoms with Gasteiger partial charge in [-0.15, -0.1) is 0 Å².